The molecular formula is C21H21N3O3. The Kier molecular flexibility index (Phi) is 4.39. The molecular weight excluding hydrogens is 342 g/mol. The molecule has 0 fully saturated rings. The topological polar surface area (TPSA) is 84.2 Å². The molecule has 6 nitrogen and oxygen atoms in total. The lowest BCUT2D eigenvalue weighted by Crippen LogP contribution is -2.39. The molecule has 2 aromatic rings. The van der Waals surface area contributed by atoms with Crippen molar-refractivity contribution in [1.82, 2.24) is 14.9 Å². The van der Waals surface area contributed by atoms with Gasteiger partial charge in [0.05, 0.1) is 0 Å². The van der Waals surface area contributed by atoms with Gasteiger partial charge in [-0.3, -0.25) is 9.59 Å². The number of hydrogen-bond donors (Lipinski definition) is 2. The Morgan fingerprint density at radius 3 is 2.89 bits per heavy atom. The number of rotatable bonds is 3. The summed E-state index contributed by atoms with van der Waals surface area (Å²) in [6, 6.07) is 8.02. The molecule has 138 valence electrons. The molecule has 1 aromatic carbocycles. The van der Waals surface area contributed by atoms with Crippen LogP contribution in [0.15, 0.2) is 47.3 Å². The quantitative estimate of drug-likeness (QED) is 0.876. The summed E-state index contributed by atoms with van der Waals surface area (Å²) in [6.07, 6.45) is 7.95. The van der Waals surface area contributed by atoms with Gasteiger partial charge < -0.3 is 15.0 Å². The van der Waals surface area contributed by atoms with Crippen molar-refractivity contribution in [2.75, 3.05) is 6.54 Å². The average Bonchev–Trinajstić information content (AvgIpc) is 2.67. The molecule has 1 unspecified atom stereocenters. The van der Waals surface area contributed by atoms with E-state index in [1.165, 1.54) is 0 Å². The fourth-order valence-corrected chi connectivity index (χ4v) is 3.61. The zero-order valence-corrected chi connectivity index (χ0v) is 15.1. The van der Waals surface area contributed by atoms with Crippen LogP contribution < -0.4 is 10.9 Å². The number of carbonyl (C=O) groups is 1. The van der Waals surface area contributed by atoms with Crippen LogP contribution in [0.4, 0.5) is 0 Å². The van der Waals surface area contributed by atoms with Gasteiger partial charge in [-0.25, -0.2) is 0 Å². The van der Waals surface area contributed by atoms with Crippen molar-refractivity contribution in [1.29, 1.82) is 0 Å². The van der Waals surface area contributed by atoms with Crippen LogP contribution in [0.1, 0.15) is 40.8 Å². The number of amides is 1. The lowest BCUT2D eigenvalue weighted by molar-refractivity contribution is 0.0920. The maximum Gasteiger partial charge on any atom is 0.315 e. The fourth-order valence-electron chi connectivity index (χ4n) is 3.61. The molecule has 2 heterocycles. The van der Waals surface area contributed by atoms with Gasteiger partial charge in [-0.2, -0.15) is 4.98 Å². The van der Waals surface area contributed by atoms with Gasteiger partial charge >= 0.3 is 5.56 Å². The van der Waals surface area contributed by atoms with Gasteiger partial charge in [-0.05, 0) is 29.0 Å². The average molecular weight is 363 g/mol. The molecule has 1 aliphatic heterocycles. The van der Waals surface area contributed by atoms with Gasteiger partial charge in [0.15, 0.2) is 5.69 Å². The number of nitrogens with one attached hydrogen (secondary N) is 1. The van der Waals surface area contributed by atoms with Gasteiger partial charge in [0.2, 0.25) is 5.75 Å². The fraction of sp³-hybridized carbons (Fsp3) is 0.286. The standard InChI is InChI=1S/C21H21N3O3/c1-13-6-8-14(9-7-13)16-5-3-2-4-15(16)12-17-23-21(27)19(25)18-20(26)22-10-11-24(17)18/h2-6,8-9,13,25H,7,10-12H2,1H3,(H,22,26). The van der Waals surface area contributed by atoms with Crippen LogP contribution in [-0.2, 0) is 13.0 Å². The van der Waals surface area contributed by atoms with E-state index in [4.69, 9.17) is 0 Å². The molecule has 4 rings (SSSR count). The molecule has 6 heteroatoms. The van der Waals surface area contributed by atoms with Crippen LogP contribution in [0.5, 0.6) is 5.75 Å². The molecule has 2 N–H and O–H groups in total. The normalized spacial score (nSPS) is 18.6. The summed E-state index contributed by atoms with van der Waals surface area (Å²) in [7, 11) is 0. The third kappa shape index (κ3) is 3.18. The van der Waals surface area contributed by atoms with E-state index in [1.54, 1.807) is 4.57 Å². The smallest absolute Gasteiger partial charge is 0.315 e. The Hall–Kier alpha value is -3.15. The maximum atomic E-state index is 12.1. The first-order valence-electron chi connectivity index (χ1n) is 9.12. The van der Waals surface area contributed by atoms with E-state index in [1.807, 2.05) is 18.2 Å². The number of aromatic nitrogens is 2. The van der Waals surface area contributed by atoms with E-state index in [-0.39, 0.29) is 5.69 Å². The lowest BCUT2D eigenvalue weighted by Gasteiger charge is -2.23. The minimum Gasteiger partial charge on any atom is -0.501 e. The first kappa shape index (κ1) is 17.3. The molecule has 1 aromatic heterocycles. The van der Waals surface area contributed by atoms with Gasteiger partial charge in [0, 0.05) is 19.5 Å². The first-order chi connectivity index (χ1) is 13.0. The largest absolute Gasteiger partial charge is 0.501 e. The highest BCUT2D eigenvalue weighted by Crippen LogP contribution is 2.28. The van der Waals surface area contributed by atoms with Gasteiger partial charge in [-0.15, -0.1) is 0 Å². The summed E-state index contributed by atoms with van der Waals surface area (Å²) >= 11 is 0. The molecule has 0 saturated carbocycles. The second-order valence-electron chi connectivity index (χ2n) is 7.00. The molecule has 0 saturated heterocycles. The third-order valence-corrected chi connectivity index (χ3v) is 5.07. The Bertz CT molecular complexity index is 1030. The van der Waals surface area contributed by atoms with E-state index in [2.05, 4.69) is 41.5 Å². The summed E-state index contributed by atoms with van der Waals surface area (Å²) in [5, 5.41) is 12.7. The monoisotopic (exact) mass is 363 g/mol. The Balaban J connectivity index is 1.78. The Labute approximate surface area is 156 Å². The van der Waals surface area contributed by atoms with E-state index in [0.717, 1.165) is 23.1 Å². The molecule has 0 bridgehead atoms. The predicted molar refractivity (Wildman–Crippen MR) is 103 cm³/mol. The zero-order valence-electron chi connectivity index (χ0n) is 15.1. The minimum absolute atomic E-state index is 0.000617. The molecule has 2 aliphatic rings. The van der Waals surface area contributed by atoms with E-state index in [0.29, 0.717) is 31.3 Å². The Morgan fingerprint density at radius 1 is 1.30 bits per heavy atom. The highest BCUT2D eigenvalue weighted by Gasteiger charge is 2.26. The molecule has 1 aliphatic carbocycles. The van der Waals surface area contributed by atoms with Crippen molar-refractivity contribution < 1.29 is 9.90 Å². The summed E-state index contributed by atoms with van der Waals surface area (Å²) in [5.74, 6) is -0.0107. The number of benzene rings is 1. The highest BCUT2D eigenvalue weighted by atomic mass is 16.3. The van der Waals surface area contributed by atoms with Crippen LogP contribution in [0.2, 0.25) is 0 Å². The van der Waals surface area contributed by atoms with Crippen LogP contribution in [0.3, 0.4) is 0 Å². The van der Waals surface area contributed by atoms with E-state index >= 15 is 0 Å². The van der Waals surface area contributed by atoms with Crippen LogP contribution in [-0.4, -0.2) is 27.1 Å². The highest BCUT2D eigenvalue weighted by molar-refractivity contribution is 5.95. The molecule has 1 atom stereocenters. The SMILES string of the molecule is CC1C=CC(c2ccccc2Cc2nc(=O)c(O)c3n2CCNC3=O)=CC1. The van der Waals surface area contributed by atoms with Crippen molar-refractivity contribution in [2.45, 2.75) is 26.3 Å². The number of hydrogen-bond acceptors (Lipinski definition) is 4. The number of carbonyl (C=O) groups excluding carboxylic acids is 1. The van der Waals surface area contributed by atoms with Gasteiger partial charge in [-0.1, -0.05) is 49.4 Å². The van der Waals surface area contributed by atoms with Crippen molar-refractivity contribution in [3.8, 4) is 5.75 Å². The van der Waals surface area contributed by atoms with Crippen molar-refractivity contribution >= 4 is 11.5 Å². The summed E-state index contributed by atoms with van der Waals surface area (Å²) in [6.45, 7) is 3.09. The molecule has 0 spiro atoms. The molecule has 27 heavy (non-hydrogen) atoms. The van der Waals surface area contributed by atoms with Gasteiger partial charge in [0.25, 0.3) is 5.91 Å². The summed E-state index contributed by atoms with van der Waals surface area (Å²) in [5.41, 5.74) is 2.51. The van der Waals surface area contributed by atoms with Crippen molar-refractivity contribution in [3.63, 3.8) is 0 Å². The van der Waals surface area contributed by atoms with Crippen molar-refractivity contribution in [3.05, 3.63) is 75.5 Å². The number of aromatic hydroxyl groups is 1. The van der Waals surface area contributed by atoms with Crippen LogP contribution >= 0.6 is 0 Å². The lowest BCUT2D eigenvalue weighted by atomic mass is 9.90. The molecule has 0 radical (unpaired) electrons. The predicted octanol–water partition coefficient (Wildman–Crippen LogP) is 2.26. The number of nitrogens with zero attached hydrogens (tertiary/aromatic N) is 2. The number of allylic oxidation sites excluding steroid dienone is 4. The van der Waals surface area contributed by atoms with Crippen LogP contribution in [0, 0.1) is 5.92 Å². The maximum absolute atomic E-state index is 12.1. The van der Waals surface area contributed by atoms with Gasteiger partial charge in [0.1, 0.15) is 5.82 Å². The van der Waals surface area contributed by atoms with Crippen molar-refractivity contribution in [2.24, 2.45) is 5.92 Å². The van der Waals surface area contributed by atoms with E-state index in [9.17, 15) is 14.7 Å². The van der Waals surface area contributed by atoms with Crippen LogP contribution in [0.25, 0.3) is 5.57 Å². The number of fused-ring (bicyclic) bond motifs is 1. The summed E-state index contributed by atoms with van der Waals surface area (Å²) in [4.78, 5) is 28.3. The third-order valence-electron chi connectivity index (χ3n) is 5.07. The second kappa shape index (κ2) is 6.87. The Morgan fingerprint density at radius 2 is 2.11 bits per heavy atom. The zero-order chi connectivity index (χ0) is 19.0. The second-order valence-corrected chi connectivity index (χ2v) is 7.00. The minimum atomic E-state index is -0.767. The van der Waals surface area contributed by atoms with E-state index < -0.39 is 17.2 Å². The first-order valence-corrected chi connectivity index (χ1v) is 9.12. The molecule has 1 amide bonds. The summed E-state index contributed by atoms with van der Waals surface area (Å²) < 4.78 is 1.65.